The molecule has 0 unspecified atom stereocenters. The molecule has 0 saturated carbocycles. The third-order valence-corrected chi connectivity index (χ3v) is 3.56. The molecule has 1 N–H and O–H groups in total. The number of aliphatic imine (C=N–C) groups is 1. The van der Waals surface area contributed by atoms with Crippen LogP contribution < -0.4 is 5.32 Å². The van der Waals surface area contributed by atoms with E-state index in [1.807, 2.05) is 6.08 Å². The molecular weight excluding hydrogens is 220 g/mol. The van der Waals surface area contributed by atoms with Crippen molar-refractivity contribution in [3.63, 3.8) is 0 Å². The summed E-state index contributed by atoms with van der Waals surface area (Å²) >= 11 is 0. The van der Waals surface area contributed by atoms with Gasteiger partial charge in [0.15, 0.2) is 0 Å². The highest BCUT2D eigenvalue weighted by Gasteiger charge is 2.20. The molecule has 2 aromatic carbocycles. The fourth-order valence-corrected chi connectivity index (χ4v) is 2.64. The first-order valence-electron chi connectivity index (χ1n) is 6.13. The lowest BCUT2D eigenvalue weighted by molar-refractivity contribution is 1.26. The van der Waals surface area contributed by atoms with Gasteiger partial charge in [0.25, 0.3) is 0 Å². The second kappa shape index (κ2) is 3.57. The number of nitrogens with one attached hydrogen (secondary N) is 1. The van der Waals surface area contributed by atoms with Crippen LogP contribution in [0, 0.1) is 0 Å². The summed E-state index contributed by atoms with van der Waals surface area (Å²) < 4.78 is 0. The van der Waals surface area contributed by atoms with Crippen molar-refractivity contribution in [2.75, 3.05) is 5.32 Å². The monoisotopic (exact) mass is 232 g/mol. The van der Waals surface area contributed by atoms with E-state index in [4.69, 9.17) is 0 Å². The topological polar surface area (TPSA) is 24.4 Å². The molecule has 18 heavy (non-hydrogen) atoms. The number of hydrogen-bond acceptors (Lipinski definition) is 2. The van der Waals surface area contributed by atoms with Crippen molar-refractivity contribution in [1.29, 1.82) is 0 Å². The van der Waals surface area contributed by atoms with Crippen LogP contribution in [0.5, 0.6) is 0 Å². The highest BCUT2D eigenvalue weighted by Crippen LogP contribution is 2.40. The Bertz CT molecular complexity index is 696. The van der Waals surface area contributed by atoms with Crippen LogP contribution in [-0.2, 0) is 6.42 Å². The molecule has 4 rings (SSSR count). The van der Waals surface area contributed by atoms with E-state index in [0.29, 0.717) is 0 Å². The molecule has 2 heteroatoms. The minimum atomic E-state index is 0.944. The zero-order valence-corrected chi connectivity index (χ0v) is 9.85. The van der Waals surface area contributed by atoms with Crippen molar-refractivity contribution < 1.29 is 0 Å². The summed E-state index contributed by atoms with van der Waals surface area (Å²) in [6.07, 6.45) is 4.80. The Labute approximate surface area is 106 Å². The van der Waals surface area contributed by atoms with Gasteiger partial charge in [-0.25, -0.2) is 4.99 Å². The van der Waals surface area contributed by atoms with E-state index < -0.39 is 0 Å². The van der Waals surface area contributed by atoms with Crippen molar-refractivity contribution >= 4 is 11.5 Å². The maximum absolute atomic E-state index is 4.16. The van der Waals surface area contributed by atoms with Gasteiger partial charge < -0.3 is 5.32 Å². The first-order valence-corrected chi connectivity index (χ1v) is 6.13. The van der Waals surface area contributed by atoms with E-state index >= 15 is 0 Å². The predicted octanol–water partition coefficient (Wildman–Crippen LogP) is 3.60. The molecule has 2 aliphatic rings. The van der Waals surface area contributed by atoms with Crippen LogP contribution >= 0.6 is 0 Å². The Morgan fingerprint density at radius 3 is 2.61 bits per heavy atom. The van der Waals surface area contributed by atoms with Crippen LogP contribution in [0.15, 0.2) is 59.7 Å². The quantitative estimate of drug-likeness (QED) is 0.681. The fraction of sp³-hybridized carbons (Fsp3) is 0.0625. The Morgan fingerprint density at radius 1 is 0.944 bits per heavy atom. The minimum Gasteiger partial charge on any atom is -0.340 e. The first kappa shape index (κ1) is 9.66. The molecule has 2 nitrogen and oxygen atoms in total. The maximum atomic E-state index is 4.16. The second-order valence-corrected chi connectivity index (χ2v) is 4.62. The van der Waals surface area contributed by atoms with Gasteiger partial charge in [0.1, 0.15) is 5.84 Å². The van der Waals surface area contributed by atoms with E-state index in [-0.39, 0.29) is 0 Å². The van der Waals surface area contributed by atoms with Gasteiger partial charge in [0.05, 0.1) is 0 Å². The van der Waals surface area contributed by atoms with E-state index in [9.17, 15) is 0 Å². The molecule has 1 heterocycles. The van der Waals surface area contributed by atoms with Gasteiger partial charge in [0.2, 0.25) is 0 Å². The van der Waals surface area contributed by atoms with Gasteiger partial charge in [0, 0.05) is 18.3 Å². The molecule has 0 spiro atoms. The summed E-state index contributed by atoms with van der Waals surface area (Å²) in [7, 11) is 0. The summed E-state index contributed by atoms with van der Waals surface area (Å²) in [5.74, 6) is 0.944. The largest absolute Gasteiger partial charge is 0.340 e. The second-order valence-electron chi connectivity index (χ2n) is 4.62. The molecule has 0 amide bonds. The normalized spacial score (nSPS) is 14.6. The zero-order chi connectivity index (χ0) is 11.9. The minimum absolute atomic E-state index is 0.944. The molecular formula is C16H12N2. The predicted molar refractivity (Wildman–Crippen MR) is 74.9 cm³/mol. The Balaban J connectivity index is 1.81. The van der Waals surface area contributed by atoms with E-state index in [2.05, 4.69) is 52.8 Å². The van der Waals surface area contributed by atoms with E-state index in [1.54, 1.807) is 6.20 Å². The molecule has 0 atom stereocenters. The van der Waals surface area contributed by atoms with Gasteiger partial charge in [-0.3, -0.25) is 0 Å². The van der Waals surface area contributed by atoms with Crippen LogP contribution in [0.3, 0.4) is 0 Å². The molecule has 1 aliphatic heterocycles. The van der Waals surface area contributed by atoms with Gasteiger partial charge in [-0.15, -0.1) is 0 Å². The van der Waals surface area contributed by atoms with Crippen molar-refractivity contribution in [2.24, 2.45) is 4.99 Å². The van der Waals surface area contributed by atoms with Crippen molar-refractivity contribution in [3.8, 4) is 11.1 Å². The maximum Gasteiger partial charge on any atom is 0.131 e. The Kier molecular flexibility index (Phi) is 1.92. The summed E-state index contributed by atoms with van der Waals surface area (Å²) in [6.45, 7) is 0. The Hall–Kier alpha value is -2.35. The molecule has 0 fully saturated rings. The van der Waals surface area contributed by atoms with Gasteiger partial charge in [-0.2, -0.15) is 0 Å². The van der Waals surface area contributed by atoms with Gasteiger partial charge in [-0.05, 0) is 34.4 Å². The molecule has 2 aromatic rings. The number of hydrogen-bond donors (Lipinski definition) is 1. The van der Waals surface area contributed by atoms with Crippen molar-refractivity contribution in [3.05, 3.63) is 65.9 Å². The van der Waals surface area contributed by atoms with Gasteiger partial charge in [-0.1, -0.05) is 36.4 Å². The van der Waals surface area contributed by atoms with Crippen molar-refractivity contribution in [1.82, 2.24) is 0 Å². The van der Waals surface area contributed by atoms with Crippen LogP contribution in [-0.4, -0.2) is 5.84 Å². The van der Waals surface area contributed by atoms with Crippen LogP contribution in [0.1, 0.15) is 11.1 Å². The number of nitrogens with zero attached hydrogens (tertiary/aromatic N) is 1. The average molecular weight is 232 g/mol. The SMILES string of the molecule is C1=CC(Nc2cccc3c2Cc2ccccc2-3)=N1. The van der Waals surface area contributed by atoms with Crippen LogP contribution in [0.4, 0.5) is 5.69 Å². The fourth-order valence-electron chi connectivity index (χ4n) is 2.64. The van der Waals surface area contributed by atoms with E-state index in [0.717, 1.165) is 12.3 Å². The lowest BCUT2D eigenvalue weighted by Crippen LogP contribution is -2.13. The summed E-state index contributed by atoms with van der Waals surface area (Å²) in [5.41, 5.74) is 6.67. The lowest BCUT2D eigenvalue weighted by Gasteiger charge is -2.13. The lowest BCUT2D eigenvalue weighted by atomic mass is 10.0. The number of anilines is 1. The summed E-state index contributed by atoms with van der Waals surface area (Å²) in [4.78, 5) is 4.16. The zero-order valence-electron chi connectivity index (χ0n) is 9.85. The molecule has 0 bridgehead atoms. The molecule has 0 saturated heterocycles. The summed E-state index contributed by atoms with van der Waals surface area (Å²) in [6, 6.07) is 15.0. The molecule has 0 radical (unpaired) electrons. The van der Waals surface area contributed by atoms with E-state index in [1.165, 1.54) is 27.9 Å². The Morgan fingerprint density at radius 2 is 1.78 bits per heavy atom. The average Bonchev–Trinajstić information content (AvgIpc) is 2.73. The molecule has 86 valence electrons. The highest BCUT2D eigenvalue weighted by atomic mass is 15.0. The third-order valence-electron chi connectivity index (χ3n) is 3.56. The van der Waals surface area contributed by atoms with Crippen molar-refractivity contribution in [2.45, 2.75) is 6.42 Å². The number of amidine groups is 1. The number of rotatable bonds is 1. The smallest absolute Gasteiger partial charge is 0.131 e. The molecule has 0 aromatic heterocycles. The van der Waals surface area contributed by atoms with Crippen LogP contribution in [0.2, 0.25) is 0 Å². The first-order chi connectivity index (χ1) is 8.92. The highest BCUT2D eigenvalue weighted by molar-refractivity contribution is 6.08. The molecule has 1 aliphatic carbocycles. The number of fused-ring (bicyclic) bond motifs is 3. The standard InChI is InChI=1S/C16H12N2/c1-2-5-12-11(4-1)10-14-13(12)6-3-7-15(14)18-16-8-9-17-16/h1-9H,10H2,(H,17,18). The number of benzene rings is 2. The third kappa shape index (κ3) is 1.32. The summed E-state index contributed by atoms with van der Waals surface area (Å²) in [5, 5.41) is 3.38. The van der Waals surface area contributed by atoms with Crippen LogP contribution in [0.25, 0.3) is 11.1 Å². The van der Waals surface area contributed by atoms with Gasteiger partial charge >= 0.3 is 0 Å².